The van der Waals surface area contributed by atoms with Gasteiger partial charge < -0.3 is 47.7 Å². The Kier molecular flexibility index (Phi) is 32.8. The van der Waals surface area contributed by atoms with Gasteiger partial charge in [0.1, 0.15) is 47.3 Å². The van der Waals surface area contributed by atoms with E-state index in [4.69, 9.17) is 37.9 Å². The van der Waals surface area contributed by atoms with Gasteiger partial charge in [0.05, 0.1) is 106 Å². The highest BCUT2D eigenvalue weighted by molar-refractivity contribution is 5.97. The van der Waals surface area contributed by atoms with Crippen LogP contribution in [0.4, 0.5) is 11.4 Å². The summed E-state index contributed by atoms with van der Waals surface area (Å²) in [5.74, 6) is 0.445. The number of hydrogen-bond acceptors (Lipinski definition) is 20. The molecule has 4 aromatic carbocycles. The Labute approximate surface area is 568 Å². The molecule has 8 rings (SSSR count). The normalized spacial score (nSPS) is 16.9. The first-order valence-electron chi connectivity index (χ1n) is 34.6. The van der Waals surface area contributed by atoms with Crippen molar-refractivity contribution < 1.29 is 66.7 Å². The number of carbonyl (C=O) groups excluding carboxylic acids is 6. The fraction of sp³-hybridized carbons (Fsp3) is 0.595. The smallest absolute Gasteiger partial charge is 0.227 e. The predicted octanol–water partition coefficient (Wildman–Crippen LogP) is 12.4. The van der Waals surface area contributed by atoms with Gasteiger partial charge in [0.15, 0.2) is 0 Å². The lowest BCUT2D eigenvalue weighted by molar-refractivity contribution is -0.124. The van der Waals surface area contributed by atoms with Crippen LogP contribution in [-0.2, 0) is 79.8 Å². The first-order chi connectivity index (χ1) is 46.5. The van der Waals surface area contributed by atoms with E-state index in [0.29, 0.717) is 157 Å². The fourth-order valence-electron chi connectivity index (χ4n) is 11.8. The lowest BCUT2D eigenvalue weighted by Crippen LogP contribution is -2.37. The van der Waals surface area contributed by atoms with Gasteiger partial charge in [0.25, 0.3) is 0 Å². The molecule has 0 aromatic heterocycles. The number of nitrogens with zero attached hydrogens (tertiary/aromatic N) is 8. The third-order valence-electron chi connectivity index (χ3n) is 17.1. The van der Waals surface area contributed by atoms with Crippen molar-refractivity contribution in [1.29, 1.82) is 0 Å². The monoisotopic (exact) mass is 1330 g/mol. The van der Waals surface area contributed by atoms with Crippen molar-refractivity contribution in [3.63, 3.8) is 0 Å². The van der Waals surface area contributed by atoms with Crippen molar-refractivity contribution in [2.75, 3.05) is 116 Å². The van der Waals surface area contributed by atoms with Gasteiger partial charge in [-0.2, -0.15) is 10.2 Å². The Morgan fingerprint density at radius 3 is 1.10 bits per heavy atom. The molecule has 0 saturated heterocycles. The molecule has 22 nitrogen and oxygen atoms in total. The van der Waals surface area contributed by atoms with Crippen LogP contribution in [0.1, 0.15) is 177 Å². The van der Waals surface area contributed by atoms with Crippen molar-refractivity contribution >= 4 is 46.3 Å². The largest absolute Gasteiger partial charge is 0.379 e. The van der Waals surface area contributed by atoms with Gasteiger partial charge in [-0.3, -0.25) is 38.8 Å². The average Bonchev–Trinajstić information content (AvgIpc) is 1.50. The summed E-state index contributed by atoms with van der Waals surface area (Å²) in [7, 11) is 0. The number of hydrogen-bond donors (Lipinski definition) is 0. The summed E-state index contributed by atoms with van der Waals surface area (Å²) in [6.45, 7) is 24.0. The van der Waals surface area contributed by atoms with E-state index in [2.05, 4.69) is 83.7 Å². The maximum atomic E-state index is 13.7. The van der Waals surface area contributed by atoms with Crippen LogP contribution in [0.2, 0.25) is 0 Å². The summed E-state index contributed by atoms with van der Waals surface area (Å²) in [6.07, 6.45) is 3.47. The highest BCUT2D eigenvalue weighted by Crippen LogP contribution is 2.50. The second-order valence-corrected chi connectivity index (χ2v) is 25.5. The minimum atomic E-state index is -0.232. The highest BCUT2D eigenvalue weighted by Gasteiger charge is 2.43. The van der Waals surface area contributed by atoms with Crippen molar-refractivity contribution in [2.24, 2.45) is 32.5 Å². The topological polar surface area (TPSA) is 239 Å². The molecule has 4 aliphatic heterocycles. The molecule has 4 aliphatic rings. The van der Waals surface area contributed by atoms with Gasteiger partial charge in [0.2, 0.25) is 11.8 Å². The van der Waals surface area contributed by atoms with E-state index in [1.165, 1.54) is 0 Å². The van der Waals surface area contributed by atoms with Gasteiger partial charge in [-0.1, -0.05) is 123 Å². The van der Waals surface area contributed by atoms with Gasteiger partial charge in [-0.25, -0.2) is 0 Å². The molecule has 0 aliphatic carbocycles. The molecule has 0 N–H and O–H groups in total. The fourth-order valence-corrected chi connectivity index (χ4v) is 11.8. The number of ketones is 4. The zero-order valence-corrected chi connectivity index (χ0v) is 57.9. The Bertz CT molecular complexity index is 3140. The molecule has 0 spiro atoms. The summed E-state index contributed by atoms with van der Waals surface area (Å²) >= 11 is 0. The number of rotatable bonds is 42. The van der Waals surface area contributed by atoms with E-state index in [1.54, 1.807) is 0 Å². The number of benzene rings is 4. The lowest BCUT2D eigenvalue weighted by atomic mass is 9.87. The molecule has 4 aromatic rings. The minimum Gasteiger partial charge on any atom is -0.379 e. The molecule has 4 heterocycles. The van der Waals surface area contributed by atoms with E-state index in [0.717, 1.165) is 44.8 Å². The van der Waals surface area contributed by atoms with Crippen molar-refractivity contribution in [1.82, 2.24) is 10.0 Å². The molecule has 0 saturated carbocycles. The number of ether oxygens (including phenoxy) is 8. The van der Waals surface area contributed by atoms with E-state index >= 15 is 0 Å². The summed E-state index contributed by atoms with van der Waals surface area (Å²) in [5, 5.41) is 22.6. The van der Waals surface area contributed by atoms with Crippen molar-refractivity contribution in [3.8, 4) is 0 Å². The van der Waals surface area contributed by atoms with E-state index in [9.17, 15) is 28.8 Å². The van der Waals surface area contributed by atoms with Crippen molar-refractivity contribution in [2.45, 2.75) is 169 Å². The number of carbonyl (C=O) groups is 6. The molecule has 4 atom stereocenters. The van der Waals surface area contributed by atoms with Crippen LogP contribution >= 0.6 is 0 Å². The number of fused-ring (bicyclic) bond motifs is 10. The van der Waals surface area contributed by atoms with E-state index < -0.39 is 0 Å². The second-order valence-electron chi connectivity index (χ2n) is 25.5. The summed E-state index contributed by atoms with van der Waals surface area (Å²) in [6, 6.07) is 32.0. The van der Waals surface area contributed by atoms with Crippen LogP contribution in [0.3, 0.4) is 0 Å². The molecule has 2 amide bonds. The Balaban J connectivity index is 0.000000271. The van der Waals surface area contributed by atoms with Crippen LogP contribution in [0, 0.1) is 11.8 Å². The van der Waals surface area contributed by atoms with Crippen LogP contribution in [0.5, 0.6) is 0 Å². The standard InChI is InChI=1S/2C37H52N4O7/c1-27(2)34(43)17-19-46-21-23-48-25-24-47-22-20-45-18-9-11-30(42)15-16-35(44)40-26-29-10-5-6-12-31(29)37-36(38-39-41(37)28(3)4)32-13-7-8-14-33(32)40;1-27(2)34(43)17-19-46-21-23-48-25-24-47-22-20-45-18-9-11-30(42)15-16-35(44)40-26-29-10-5-6-12-31(29)36-37(41(28(3)4)39-38-36)32-13-7-8-14-33(32)40/h2*5-8,10,12-14,27-28,36-37H,9,11,15-26H2,1-4H3. The maximum absolute atomic E-state index is 13.7. The molecule has 96 heavy (non-hydrogen) atoms. The molecule has 0 radical (unpaired) electrons. The van der Waals surface area contributed by atoms with Gasteiger partial charge in [-0.05, 0) is 74.9 Å². The molecule has 0 bridgehead atoms. The summed E-state index contributed by atoms with van der Waals surface area (Å²) < 4.78 is 44.0. The third kappa shape index (κ3) is 23.6. The van der Waals surface area contributed by atoms with Crippen LogP contribution < -0.4 is 9.80 Å². The first kappa shape index (κ1) is 76.3. The van der Waals surface area contributed by atoms with Gasteiger partial charge in [-0.15, -0.1) is 0 Å². The molecular weight excluding hydrogens is 1220 g/mol. The minimum absolute atomic E-state index is 0.0424. The quantitative estimate of drug-likeness (QED) is 0.0375. The third-order valence-corrected chi connectivity index (χ3v) is 17.1. The van der Waals surface area contributed by atoms with E-state index in [1.807, 2.05) is 109 Å². The van der Waals surface area contributed by atoms with Crippen LogP contribution in [0.25, 0.3) is 0 Å². The number of amides is 2. The second kappa shape index (κ2) is 41.3. The van der Waals surface area contributed by atoms with E-state index in [-0.39, 0.29) is 109 Å². The highest BCUT2D eigenvalue weighted by atomic mass is 16.6. The predicted molar refractivity (Wildman–Crippen MR) is 365 cm³/mol. The zero-order valence-electron chi connectivity index (χ0n) is 57.9. The Hall–Kier alpha value is -7.02. The van der Waals surface area contributed by atoms with Crippen LogP contribution in [-0.4, -0.2) is 163 Å². The molecule has 524 valence electrons. The average molecular weight is 1330 g/mol. The Morgan fingerprint density at radius 1 is 0.365 bits per heavy atom. The number of anilines is 2. The Morgan fingerprint density at radius 2 is 0.688 bits per heavy atom. The molecule has 22 heteroatoms. The molecule has 4 unspecified atom stereocenters. The summed E-state index contributed by atoms with van der Waals surface area (Å²) in [5.41, 5.74) is 7.95. The zero-order chi connectivity index (χ0) is 68.6. The van der Waals surface area contributed by atoms with Gasteiger partial charge >= 0.3 is 0 Å². The SMILES string of the molecule is CC(C)C(=O)CCOCCOCCOCCOCCCC(=O)CCC(=O)N1Cc2ccccc2C2C(N=NN2C(C)C)c2ccccc21.CC(C)C(=O)CCOCCOCCOCCOCCCC(=O)CCC(=O)N1Cc2ccccc2C2N=NN(C(C)C)C2c2ccccc21. The van der Waals surface area contributed by atoms with Crippen molar-refractivity contribution in [3.05, 3.63) is 130 Å². The summed E-state index contributed by atoms with van der Waals surface area (Å²) in [4.78, 5) is 79.6. The maximum Gasteiger partial charge on any atom is 0.227 e. The lowest BCUT2D eigenvalue weighted by Gasteiger charge is -2.36. The molecule has 0 fully saturated rings. The number of para-hydroxylation sites is 2. The number of Topliss-reactive ketones (excluding diaryl/α,β-unsaturated/α-hetero) is 4. The van der Waals surface area contributed by atoms with Crippen LogP contribution in [0.15, 0.2) is 118 Å². The first-order valence-corrected chi connectivity index (χ1v) is 34.6. The van der Waals surface area contributed by atoms with Gasteiger partial charge in [0, 0.05) is 111 Å². The molecular formula is C74H104N8O14.